The summed E-state index contributed by atoms with van der Waals surface area (Å²) in [6.07, 6.45) is 1.77. The summed E-state index contributed by atoms with van der Waals surface area (Å²) in [4.78, 5) is 13.2. The van der Waals surface area contributed by atoms with Gasteiger partial charge in [0.2, 0.25) is 0 Å². The summed E-state index contributed by atoms with van der Waals surface area (Å²) in [5.74, 6) is -0.0698. The van der Waals surface area contributed by atoms with E-state index in [9.17, 15) is 4.79 Å². The summed E-state index contributed by atoms with van der Waals surface area (Å²) in [7, 11) is 0. The molecule has 0 bridgehead atoms. The average molecular weight is 340 g/mol. The number of hydrogen-bond donors (Lipinski definition) is 1. The van der Waals surface area contributed by atoms with E-state index < -0.39 is 0 Å². The summed E-state index contributed by atoms with van der Waals surface area (Å²) in [6, 6.07) is 18.5. The molecular formula is C20H24N2OS. The molecule has 2 aromatic carbocycles. The monoisotopic (exact) mass is 340 g/mol. The maximum atomic E-state index is 12.2. The van der Waals surface area contributed by atoms with Crippen LogP contribution in [0.25, 0.3) is 0 Å². The van der Waals surface area contributed by atoms with Crippen molar-refractivity contribution in [3.05, 3.63) is 65.7 Å². The first-order valence-electron chi connectivity index (χ1n) is 8.15. The molecule has 0 heterocycles. The van der Waals surface area contributed by atoms with Gasteiger partial charge in [-0.15, -0.1) is 11.8 Å². The number of amides is 1. The zero-order valence-electron chi connectivity index (χ0n) is 14.5. The van der Waals surface area contributed by atoms with Crippen LogP contribution in [-0.2, 0) is 11.2 Å². The quantitative estimate of drug-likeness (QED) is 0.455. The molecule has 0 aliphatic carbocycles. The Morgan fingerprint density at radius 3 is 2.46 bits per heavy atom. The molecule has 1 N–H and O–H groups in total. The molecule has 0 unspecified atom stereocenters. The van der Waals surface area contributed by atoms with Crippen LogP contribution < -0.4 is 5.43 Å². The van der Waals surface area contributed by atoms with Gasteiger partial charge in [0.15, 0.2) is 0 Å². The first kappa shape index (κ1) is 18.3. The van der Waals surface area contributed by atoms with Gasteiger partial charge in [-0.2, -0.15) is 5.10 Å². The molecule has 0 aliphatic heterocycles. The van der Waals surface area contributed by atoms with Crippen molar-refractivity contribution in [1.29, 1.82) is 0 Å². The van der Waals surface area contributed by atoms with E-state index in [4.69, 9.17) is 0 Å². The smallest absolute Gasteiger partial charge is 0.253 e. The number of nitrogens with zero attached hydrogens (tertiary/aromatic N) is 1. The molecule has 1 atom stereocenters. The van der Waals surface area contributed by atoms with Gasteiger partial charge in [0.1, 0.15) is 0 Å². The van der Waals surface area contributed by atoms with Gasteiger partial charge in [-0.05, 0) is 51.3 Å². The van der Waals surface area contributed by atoms with E-state index in [0.29, 0.717) is 0 Å². The first-order valence-corrected chi connectivity index (χ1v) is 9.03. The maximum absolute atomic E-state index is 12.2. The summed E-state index contributed by atoms with van der Waals surface area (Å²) >= 11 is 1.54. The molecule has 4 heteroatoms. The van der Waals surface area contributed by atoms with Gasteiger partial charge < -0.3 is 0 Å². The molecule has 2 aromatic rings. The Labute approximate surface area is 148 Å². The van der Waals surface area contributed by atoms with Crippen LogP contribution >= 0.6 is 11.8 Å². The summed E-state index contributed by atoms with van der Waals surface area (Å²) in [5.41, 5.74) is 6.11. The fraction of sp³-hybridized carbons (Fsp3) is 0.300. The minimum atomic E-state index is -0.182. The molecule has 24 heavy (non-hydrogen) atoms. The van der Waals surface area contributed by atoms with E-state index in [-0.39, 0.29) is 11.2 Å². The number of rotatable bonds is 7. The van der Waals surface area contributed by atoms with Crippen LogP contribution in [0.3, 0.4) is 0 Å². The number of hydrazone groups is 1. The van der Waals surface area contributed by atoms with Crippen molar-refractivity contribution in [2.45, 2.75) is 43.8 Å². The number of benzene rings is 2. The molecule has 126 valence electrons. The van der Waals surface area contributed by atoms with Crippen LogP contribution in [0.4, 0.5) is 0 Å². The molecule has 0 saturated heterocycles. The maximum Gasteiger partial charge on any atom is 0.253 e. The predicted molar refractivity (Wildman–Crippen MR) is 103 cm³/mol. The predicted octanol–water partition coefficient (Wildman–Crippen LogP) is 4.60. The van der Waals surface area contributed by atoms with E-state index in [1.807, 2.05) is 44.2 Å². The van der Waals surface area contributed by atoms with E-state index >= 15 is 0 Å². The van der Waals surface area contributed by atoms with Crippen molar-refractivity contribution in [3.63, 3.8) is 0 Å². The van der Waals surface area contributed by atoms with Gasteiger partial charge in [0.05, 0.1) is 5.25 Å². The average Bonchev–Trinajstić information content (AvgIpc) is 2.60. The Balaban J connectivity index is 1.79. The Hall–Kier alpha value is -2.07. The number of carbonyl (C=O) groups is 1. The Bertz CT molecular complexity index is 681. The second-order valence-electron chi connectivity index (χ2n) is 5.88. The van der Waals surface area contributed by atoms with Gasteiger partial charge >= 0.3 is 0 Å². The second kappa shape index (κ2) is 9.28. The zero-order valence-corrected chi connectivity index (χ0v) is 15.3. The zero-order chi connectivity index (χ0) is 17.4. The second-order valence-corrected chi connectivity index (χ2v) is 7.30. The van der Waals surface area contributed by atoms with Crippen LogP contribution in [0.15, 0.2) is 64.6 Å². The van der Waals surface area contributed by atoms with Gasteiger partial charge in [-0.3, -0.25) is 4.79 Å². The number of thioether (sulfide) groups is 1. The van der Waals surface area contributed by atoms with Gasteiger partial charge in [-0.1, -0.05) is 48.0 Å². The molecule has 0 spiro atoms. The van der Waals surface area contributed by atoms with E-state index in [2.05, 4.69) is 41.7 Å². The SMILES string of the molecule is C/C(CCc1ccccc1)=N/NC(=O)[C@@H](C)Sc1ccc(C)cc1. The van der Waals surface area contributed by atoms with Crippen molar-refractivity contribution >= 4 is 23.4 Å². The number of aryl methyl sites for hydroxylation is 2. The van der Waals surface area contributed by atoms with Gasteiger partial charge in [0.25, 0.3) is 5.91 Å². The lowest BCUT2D eigenvalue weighted by Gasteiger charge is -2.10. The van der Waals surface area contributed by atoms with Gasteiger partial charge in [0, 0.05) is 10.6 Å². The third-order valence-electron chi connectivity index (χ3n) is 3.68. The van der Waals surface area contributed by atoms with Crippen molar-refractivity contribution in [2.24, 2.45) is 5.10 Å². The largest absolute Gasteiger partial charge is 0.272 e. The third kappa shape index (κ3) is 6.20. The van der Waals surface area contributed by atoms with Crippen LogP contribution in [0, 0.1) is 6.92 Å². The normalized spacial score (nSPS) is 12.7. The highest BCUT2D eigenvalue weighted by Crippen LogP contribution is 2.23. The highest BCUT2D eigenvalue weighted by Gasteiger charge is 2.13. The fourth-order valence-electron chi connectivity index (χ4n) is 2.14. The highest BCUT2D eigenvalue weighted by molar-refractivity contribution is 8.00. The standard InChI is InChI=1S/C20H24N2OS/c1-15-9-13-19(14-10-15)24-17(3)20(23)22-21-16(2)11-12-18-7-5-4-6-8-18/h4-10,13-14,17H,11-12H2,1-3H3,(H,22,23)/b21-16-/t17-/m1/s1. The first-order chi connectivity index (χ1) is 11.5. The van der Waals surface area contributed by atoms with Gasteiger partial charge in [-0.25, -0.2) is 5.43 Å². The molecule has 0 fully saturated rings. The van der Waals surface area contributed by atoms with Crippen molar-refractivity contribution in [3.8, 4) is 0 Å². The lowest BCUT2D eigenvalue weighted by molar-refractivity contribution is -0.120. The summed E-state index contributed by atoms with van der Waals surface area (Å²) in [5, 5.41) is 4.04. The van der Waals surface area contributed by atoms with Crippen LogP contribution in [0.1, 0.15) is 31.4 Å². The topological polar surface area (TPSA) is 41.5 Å². The van der Waals surface area contributed by atoms with Crippen molar-refractivity contribution < 1.29 is 4.79 Å². The lowest BCUT2D eigenvalue weighted by Crippen LogP contribution is -2.27. The third-order valence-corrected chi connectivity index (χ3v) is 4.79. The molecule has 1 amide bonds. The molecule has 3 nitrogen and oxygen atoms in total. The number of carbonyl (C=O) groups excluding carboxylic acids is 1. The van der Waals surface area contributed by atoms with E-state index in [0.717, 1.165) is 23.4 Å². The molecule has 0 saturated carbocycles. The lowest BCUT2D eigenvalue weighted by atomic mass is 10.1. The molecule has 2 rings (SSSR count). The van der Waals surface area contributed by atoms with Crippen LogP contribution in [-0.4, -0.2) is 16.9 Å². The van der Waals surface area contributed by atoms with Crippen LogP contribution in [0.5, 0.6) is 0 Å². The van der Waals surface area contributed by atoms with Crippen molar-refractivity contribution in [2.75, 3.05) is 0 Å². The molecular weight excluding hydrogens is 316 g/mol. The Morgan fingerprint density at radius 2 is 1.79 bits per heavy atom. The van der Waals surface area contributed by atoms with Crippen LogP contribution in [0.2, 0.25) is 0 Å². The minimum absolute atomic E-state index is 0.0698. The number of nitrogens with one attached hydrogen (secondary N) is 1. The molecule has 0 radical (unpaired) electrons. The molecule has 0 aliphatic rings. The Kier molecular flexibility index (Phi) is 7.07. The summed E-state index contributed by atoms with van der Waals surface area (Å²) in [6.45, 7) is 5.90. The summed E-state index contributed by atoms with van der Waals surface area (Å²) < 4.78 is 0. The fourth-order valence-corrected chi connectivity index (χ4v) is 3.00. The number of hydrogen-bond acceptors (Lipinski definition) is 3. The Morgan fingerprint density at radius 1 is 1.12 bits per heavy atom. The highest BCUT2D eigenvalue weighted by atomic mass is 32.2. The minimum Gasteiger partial charge on any atom is -0.272 e. The van der Waals surface area contributed by atoms with Crippen molar-refractivity contribution in [1.82, 2.24) is 5.43 Å². The van der Waals surface area contributed by atoms with E-state index in [1.165, 1.54) is 11.1 Å². The molecule has 0 aromatic heterocycles. The van der Waals surface area contributed by atoms with E-state index in [1.54, 1.807) is 11.8 Å².